The van der Waals surface area contributed by atoms with Crippen molar-refractivity contribution in [3.05, 3.63) is 21.3 Å². The zero-order valence-electron chi connectivity index (χ0n) is 11.0. The smallest absolute Gasteiger partial charge is 0.137 e. The lowest BCUT2D eigenvalue weighted by Gasteiger charge is -2.29. The predicted molar refractivity (Wildman–Crippen MR) is 77.2 cm³/mol. The van der Waals surface area contributed by atoms with Gasteiger partial charge < -0.3 is 4.90 Å². The number of ketones is 1. The van der Waals surface area contributed by atoms with E-state index >= 15 is 0 Å². The fraction of sp³-hybridized carbons (Fsp3) is 0.643. The van der Waals surface area contributed by atoms with E-state index in [2.05, 4.69) is 24.9 Å². The minimum atomic E-state index is 0.231. The van der Waals surface area contributed by atoms with Gasteiger partial charge >= 0.3 is 0 Å². The Hall–Kier alpha value is -0.380. The maximum absolute atomic E-state index is 11.9. The van der Waals surface area contributed by atoms with Crippen molar-refractivity contribution in [3.8, 4) is 0 Å². The average Bonchev–Trinajstić information content (AvgIpc) is 2.69. The van der Waals surface area contributed by atoms with Gasteiger partial charge in [0.25, 0.3) is 0 Å². The molecule has 0 bridgehead atoms. The van der Waals surface area contributed by atoms with Gasteiger partial charge in [-0.25, -0.2) is 0 Å². The molecule has 1 aromatic heterocycles. The third-order valence-corrected chi connectivity index (χ3v) is 4.83. The molecule has 0 amide bonds. The van der Waals surface area contributed by atoms with E-state index in [-0.39, 0.29) is 5.92 Å². The molecule has 0 N–H and O–H groups in total. The highest BCUT2D eigenvalue weighted by Gasteiger charge is 2.27. The van der Waals surface area contributed by atoms with E-state index in [0.717, 1.165) is 36.7 Å². The Morgan fingerprint density at radius 1 is 1.50 bits per heavy atom. The highest BCUT2D eigenvalue weighted by Crippen LogP contribution is 2.27. The number of nitrogens with zero attached hydrogens (tertiary/aromatic N) is 1. The summed E-state index contributed by atoms with van der Waals surface area (Å²) < 4.78 is 0.834. The number of hydrogen-bond acceptors (Lipinski definition) is 3. The van der Waals surface area contributed by atoms with Crippen LogP contribution >= 0.6 is 22.9 Å². The molecule has 1 aliphatic rings. The molecule has 1 saturated carbocycles. The summed E-state index contributed by atoms with van der Waals surface area (Å²) in [5, 5.41) is 0. The molecule has 1 aliphatic carbocycles. The van der Waals surface area contributed by atoms with Crippen LogP contribution in [0.4, 0.5) is 0 Å². The maximum atomic E-state index is 11.9. The number of halogens is 1. The number of rotatable bonds is 4. The van der Waals surface area contributed by atoms with Gasteiger partial charge in [-0.1, -0.05) is 18.5 Å². The first kappa shape index (κ1) is 14.0. The molecule has 0 spiro atoms. The molecule has 2 unspecified atom stereocenters. The van der Waals surface area contributed by atoms with E-state index in [1.807, 2.05) is 6.07 Å². The first-order valence-corrected chi connectivity index (χ1v) is 7.69. The number of hydrogen-bond donors (Lipinski definition) is 0. The quantitative estimate of drug-likeness (QED) is 0.838. The highest BCUT2D eigenvalue weighted by molar-refractivity contribution is 7.16. The summed E-state index contributed by atoms with van der Waals surface area (Å²) in [4.78, 5) is 15.4. The van der Waals surface area contributed by atoms with Gasteiger partial charge in [0.15, 0.2) is 0 Å². The summed E-state index contributed by atoms with van der Waals surface area (Å²) in [5.74, 6) is 1.37. The van der Waals surface area contributed by atoms with Crippen molar-refractivity contribution < 1.29 is 4.79 Å². The third kappa shape index (κ3) is 3.81. The SMILES string of the molecule is CC1CCC(=O)C(CN(C)Cc2ccc(Cl)s2)C1. The van der Waals surface area contributed by atoms with Crippen LogP contribution in [0.1, 0.15) is 31.1 Å². The van der Waals surface area contributed by atoms with Crippen molar-refractivity contribution in [1.82, 2.24) is 4.90 Å². The second-order valence-corrected chi connectivity index (χ2v) is 7.24. The molecule has 1 heterocycles. The van der Waals surface area contributed by atoms with Crippen LogP contribution in [-0.2, 0) is 11.3 Å². The molecule has 0 aromatic carbocycles. The van der Waals surface area contributed by atoms with Crippen LogP contribution in [-0.4, -0.2) is 24.3 Å². The average molecular weight is 286 g/mol. The molecular weight excluding hydrogens is 266 g/mol. The summed E-state index contributed by atoms with van der Waals surface area (Å²) >= 11 is 7.54. The molecule has 4 heteroatoms. The zero-order chi connectivity index (χ0) is 13.1. The lowest BCUT2D eigenvalue weighted by atomic mass is 9.81. The molecule has 1 fully saturated rings. The van der Waals surface area contributed by atoms with Crippen molar-refractivity contribution in [2.24, 2.45) is 11.8 Å². The van der Waals surface area contributed by atoms with E-state index in [4.69, 9.17) is 11.6 Å². The molecule has 100 valence electrons. The number of carbonyl (C=O) groups excluding carboxylic acids is 1. The topological polar surface area (TPSA) is 20.3 Å². The Balaban J connectivity index is 1.86. The minimum Gasteiger partial charge on any atom is -0.301 e. The van der Waals surface area contributed by atoms with Gasteiger partial charge in [0.2, 0.25) is 0 Å². The van der Waals surface area contributed by atoms with E-state index in [0.29, 0.717) is 11.7 Å². The molecule has 0 aliphatic heterocycles. The zero-order valence-corrected chi connectivity index (χ0v) is 12.6. The summed E-state index contributed by atoms with van der Waals surface area (Å²) in [7, 11) is 2.08. The predicted octanol–water partition coefficient (Wildman–Crippen LogP) is 3.84. The van der Waals surface area contributed by atoms with Gasteiger partial charge in [0.05, 0.1) is 4.34 Å². The molecule has 0 radical (unpaired) electrons. The van der Waals surface area contributed by atoms with Crippen LogP contribution < -0.4 is 0 Å². The fourth-order valence-corrected chi connectivity index (χ4v) is 3.82. The monoisotopic (exact) mass is 285 g/mol. The van der Waals surface area contributed by atoms with Crippen molar-refractivity contribution in [2.75, 3.05) is 13.6 Å². The Labute approximate surface area is 118 Å². The molecule has 2 nitrogen and oxygen atoms in total. The van der Waals surface area contributed by atoms with E-state index in [1.54, 1.807) is 11.3 Å². The Kier molecular flexibility index (Phi) is 4.82. The largest absolute Gasteiger partial charge is 0.301 e. The lowest BCUT2D eigenvalue weighted by molar-refractivity contribution is -0.126. The third-order valence-electron chi connectivity index (χ3n) is 3.61. The Morgan fingerprint density at radius 3 is 2.94 bits per heavy atom. The van der Waals surface area contributed by atoms with Crippen LogP contribution in [0.15, 0.2) is 12.1 Å². The second-order valence-electron chi connectivity index (χ2n) is 5.45. The number of thiophene rings is 1. The van der Waals surface area contributed by atoms with Crippen LogP contribution in [0.25, 0.3) is 0 Å². The van der Waals surface area contributed by atoms with Crippen molar-refractivity contribution in [3.63, 3.8) is 0 Å². The standard InChI is InChI=1S/C14H20ClNOS/c1-10-3-5-13(17)11(7-10)8-16(2)9-12-4-6-14(15)18-12/h4,6,10-11H,3,5,7-9H2,1-2H3. The summed E-state index contributed by atoms with van der Waals surface area (Å²) in [5.41, 5.74) is 0. The minimum absolute atomic E-state index is 0.231. The van der Waals surface area contributed by atoms with Gasteiger partial charge in [-0.2, -0.15) is 0 Å². The molecule has 2 rings (SSSR count). The Bertz CT molecular complexity index is 418. The number of Topliss-reactive ketones (excluding diaryl/α,β-unsaturated/α-hetero) is 1. The van der Waals surface area contributed by atoms with Gasteiger partial charge in [0.1, 0.15) is 5.78 Å². The maximum Gasteiger partial charge on any atom is 0.137 e. The summed E-state index contributed by atoms with van der Waals surface area (Å²) in [6.45, 7) is 4.01. The fourth-order valence-electron chi connectivity index (χ4n) is 2.65. The van der Waals surface area contributed by atoms with Crippen LogP contribution in [0.2, 0.25) is 4.34 Å². The molecule has 18 heavy (non-hydrogen) atoms. The first-order chi connectivity index (χ1) is 8.54. The van der Waals surface area contributed by atoms with Crippen LogP contribution in [0.3, 0.4) is 0 Å². The van der Waals surface area contributed by atoms with Crippen molar-refractivity contribution in [2.45, 2.75) is 32.7 Å². The molecule has 0 saturated heterocycles. The lowest BCUT2D eigenvalue weighted by Crippen LogP contribution is -2.33. The van der Waals surface area contributed by atoms with Crippen molar-refractivity contribution in [1.29, 1.82) is 0 Å². The Morgan fingerprint density at radius 2 is 2.28 bits per heavy atom. The summed E-state index contributed by atoms with van der Waals surface area (Å²) in [6, 6.07) is 4.00. The van der Waals surface area contributed by atoms with E-state index in [1.165, 1.54) is 4.88 Å². The van der Waals surface area contributed by atoms with E-state index < -0.39 is 0 Å². The number of carbonyl (C=O) groups is 1. The van der Waals surface area contributed by atoms with Gasteiger partial charge in [-0.15, -0.1) is 11.3 Å². The van der Waals surface area contributed by atoms with Gasteiger partial charge in [-0.05, 0) is 37.9 Å². The first-order valence-electron chi connectivity index (χ1n) is 6.50. The second kappa shape index (κ2) is 6.18. The highest BCUT2D eigenvalue weighted by atomic mass is 35.5. The van der Waals surface area contributed by atoms with Crippen LogP contribution in [0.5, 0.6) is 0 Å². The van der Waals surface area contributed by atoms with Gasteiger partial charge in [-0.3, -0.25) is 4.79 Å². The van der Waals surface area contributed by atoms with E-state index in [9.17, 15) is 4.79 Å². The molecule has 1 aromatic rings. The molecular formula is C14H20ClNOS. The molecule has 2 atom stereocenters. The van der Waals surface area contributed by atoms with Crippen molar-refractivity contribution >= 4 is 28.7 Å². The normalized spacial score (nSPS) is 24.8. The van der Waals surface area contributed by atoms with Gasteiger partial charge in [0, 0.05) is 30.3 Å². The summed E-state index contributed by atoms with van der Waals surface area (Å²) in [6.07, 6.45) is 2.89. The van der Waals surface area contributed by atoms with Crippen LogP contribution in [0, 0.1) is 11.8 Å².